The van der Waals surface area contributed by atoms with Crippen LogP contribution in [0.1, 0.15) is 31.9 Å². The number of carbonyl (C=O) groups is 1. The third-order valence-corrected chi connectivity index (χ3v) is 5.05. The van der Waals surface area contributed by atoms with Gasteiger partial charge in [0.15, 0.2) is 15.9 Å². The number of benzene rings is 2. The maximum absolute atomic E-state index is 13.0. The van der Waals surface area contributed by atoms with Gasteiger partial charge in [0.25, 0.3) is 5.91 Å². The maximum atomic E-state index is 13.0. The Hall–Kier alpha value is -2.41. The Balaban J connectivity index is 2.03. The zero-order valence-electron chi connectivity index (χ0n) is 14.9. The number of rotatable bonds is 7. The van der Waals surface area contributed by atoms with Crippen LogP contribution in [0.5, 0.6) is 5.75 Å². The van der Waals surface area contributed by atoms with E-state index in [0.29, 0.717) is 12.2 Å². The van der Waals surface area contributed by atoms with Gasteiger partial charge in [-0.05, 0) is 55.3 Å². The second-order valence-electron chi connectivity index (χ2n) is 6.04. The molecular formula is C19H22FNO4S. The first-order valence-corrected chi connectivity index (χ1v) is 10.1. The monoisotopic (exact) mass is 379 g/mol. The van der Waals surface area contributed by atoms with Crippen LogP contribution in [0.25, 0.3) is 0 Å². The molecule has 0 heterocycles. The lowest BCUT2D eigenvalue weighted by Crippen LogP contribution is -2.39. The van der Waals surface area contributed by atoms with Gasteiger partial charge in [0.2, 0.25) is 0 Å². The molecule has 0 saturated carbocycles. The Kier molecular flexibility index (Phi) is 6.37. The average Bonchev–Trinajstić information content (AvgIpc) is 2.60. The van der Waals surface area contributed by atoms with Crippen LogP contribution in [0.2, 0.25) is 0 Å². The standard InChI is InChI=1S/C19H22FNO4S/c1-4-18(25-16-9-7-15(20)8-10-16)19(22)21-13(2)14-5-11-17(12-6-14)26(3,23)24/h5-13,18H,4H2,1-3H3,(H,21,22)/t13-,18+/m1/s1. The molecule has 0 saturated heterocycles. The van der Waals surface area contributed by atoms with E-state index in [-0.39, 0.29) is 22.7 Å². The van der Waals surface area contributed by atoms with Crippen LogP contribution in [0, 0.1) is 5.82 Å². The molecular weight excluding hydrogens is 357 g/mol. The Morgan fingerprint density at radius 3 is 2.19 bits per heavy atom. The molecule has 0 aliphatic heterocycles. The van der Waals surface area contributed by atoms with E-state index >= 15 is 0 Å². The van der Waals surface area contributed by atoms with Crippen molar-refractivity contribution in [1.82, 2.24) is 5.32 Å². The molecule has 0 unspecified atom stereocenters. The molecule has 0 aromatic heterocycles. The summed E-state index contributed by atoms with van der Waals surface area (Å²) in [5, 5.41) is 2.85. The molecule has 0 fully saturated rings. The van der Waals surface area contributed by atoms with Crippen molar-refractivity contribution in [3.05, 3.63) is 59.9 Å². The zero-order valence-corrected chi connectivity index (χ0v) is 15.7. The predicted molar refractivity (Wildman–Crippen MR) is 97.2 cm³/mol. The molecule has 0 radical (unpaired) electrons. The summed E-state index contributed by atoms with van der Waals surface area (Å²) in [6, 6.07) is 11.5. The number of hydrogen-bond acceptors (Lipinski definition) is 4. The van der Waals surface area contributed by atoms with Crippen molar-refractivity contribution in [2.24, 2.45) is 0 Å². The van der Waals surface area contributed by atoms with Gasteiger partial charge in [0.1, 0.15) is 11.6 Å². The van der Waals surface area contributed by atoms with Gasteiger partial charge in [-0.2, -0.15) is 0 Å². The lowest BCUT2D eigenvalue weighted by atomic mass is 10.1. The van der Waals surface area contributed by atoms with Gasteiger partial charge in [-0.25, -0.2) is 12.8 Å². The third-order valence-electron chi connectivity index (χ3n) is 3.92. The fraction of sp³-hybridized carbons (Fsp3) is 0.316. The summed E-state index contributed by atoms with van der Waals surface area (Å²) < 4.78 is 41.6. The lowest BCUT2D eigenvalue weighted by Gasteiger charge is -2.21. The minimum Gasteiger partial charge on any atom is -0.481 e. The Labute approximate surface area is 153 Å². The smallest absolute Gasteiger partial charge is 0.261 e. The zero-order chi connectivity index (χ0) is 19.3. The van der Waals surface area contributed by atoms with Crippen molar-refractivity contribution < 1.29 is 22.3 Å². The molecule has 0 spiro atoms. The quantitative estimate of drug-likeness (QED) is 0.801. The summed E-state index contributed by atoms with van der Waals surface area (Å²) >= 11 is 0. The van der Waals surface area contributed by atoms with E-state index in [4.69, 9.17) is 4.74 Å². The van der Waals surface area contributed by atoms with Gasteiger partial charge in [-0.1, -0.05) is 19.1 Å². The average molecular weight is 379 g/mol. The molecule has 2 atom stereocenters. The van der Waals surface area contributed by atoms with Crippen LogP contribution in [0.4, 0.5) is 4.39 Å². The molecule has 2 rings (SSSR count). The van der Waals surface area contributed by atoms with Gasteiger partial charge in [0.05, 0.1) is 10.9 Å². The number of amides is 1. The second kappa shape index (κ2) is 8.31. The Morgan fingerprint density at radius 2 is 1.69 bits per heavy atom. The van der Waals surface area contributed by atoms with Crippen molar-refractivity contribution in [3.63, 3.8) is 0 Å². The maximum Gasteiger partial charge on any atom is 0.261 e. The molecule has 26 heavy (non-hydrogen) atoms. The van der Waals surface area contributed by atoms with E-state index < -0.39 is 15.9 Å². The fourth-order valence-corrected chi connectivity index (χ4v) is 3.02. The predicted octanol–water partition coefficient (Wildman–Crippen LogP) is 3.26. The van der Waals surface area contributed by atoms with E-state index in [9.17, 15) is 17.6 Å². The largest absolute Gasteiger partial charge is 0.481 e. The number of sulfone groups is 1. The summed E-state index contributed by atoms with van der Waals surface area (Å²) in [6.07, 6.45) is 0.882. The van der Waals surface area contributed by atoms with Crippen molar-refractivity contribution >= 4 is 15.7 Å². The van der Waals surface area contributed by atoms with Gasteiger partial charge < -0.3 is 10.1 Å². The number of nitrogens with one attached hydrogen (secondary N) is 1. The summed E-state index contributed by atoms with van der Waals surface area (Å²) in [4.78, 5) is 12.7. The number of ether oxygens (including phenoxy) is 1. The molecule has 0 aliphatic carbocycles. The van der Waals surface area contributed by atoms with E-state index in [1.807, 2.05) is 6.92 Å². The Bertz CT molecular complexity index is 848. The minimum atomic E-state index is -3.26. The van der Waals surface area contributed by atoms with Crippen LogP contribution in [0.15, 0.2) is 53.4 Å². The SMILES string of the molecule is CC[C@H](Oc1ccc(F)cc1)C(=O)N[C@H](C)c1ccc(S(C)(=O)=O)cc1. The normalized spacial score (nSPS) is 13.7. The van der Waals surface area contributed by atoms with E-state index in [2.05, 4.69) is 5.32 Å². The first-order valence-electron chi connectivity index (χ1n) is 8.23. The van der Waals surface area contributed by atoms with E-state index in [1.165, 1.54) is 36.4 Å². The third kappa shape index (κ3) is 5.29. The number of halogens is 1. The van der Waals surface area contributed by atoms with Crippen LogP contribution in [0.3, 0.4) is 0 Å². The van der Waals surface area contributed by atoms with Crippen molar-refractivity contribution in [3.8, 4) is 5.75 Å². The molecule has 5 nitrogen and oxygen atoms in total. The van der Waals surface area contributed by atoms with Crippen LogP contribution in [-0.4, -0.2) is 26.7 Å². The highest BCUT2D eigenvalue weighted by atomic mass is 32.2. The van der Waals surface area contributed by atoms with Gasteiger partial charge in [-0.3, -0.25) is 4.79 Å². The summed E-state index contributed by atoms with van der Waals surface area (Å²) in [7, 11) is -3.26. The molecule has 2 aromatic rings. The van der Waals surface area contributed by atoms with Crippen molar-refractivity contribution in [1.29, 1.82) is 0 Å². The molecule has 7 heteroatoms. The molecule has 2 aromatic carbocycles. The topological polar surface area (TPSA) is 72.5 Å². The fourth-order valence-electron chi connectivity index (χ4n) is 2.39. The number of carbonyl (C=O) groups excluding carboxylic acids is 1. The van der Waals surface area contributed by atoms with Crippen LogP contribution in [-0.2, 0) is 14.6 Å². The molecule has 140 valence electrons. The summed E-state index contributed by atoms with van der Waals surface area (Å²) in [6.45, 7) is 3.62. The minimum absolute atomic E-state index is 0.228. The highest BCUT2D eigenvalue weighted by Crippen LogP contribution is 2.18. The second-order valence-corrected chi connectivity index (χ2v) is 8.06. The Morgan fingerprint density at radius 1 is 1.12 bits per heavy atom. The van der Waals surface area contributed by atoms with Gasteiger partial charge in [-0.15, -0.1) is 0 Å². The molecule has 0 aliphatic rings. The summed E-state index contributed by atoms with van der Waals surface area (Å²) in [5.74, 6) is -0.254. The first kappa shape index (κ1) is 19.9. The number of hydrogen-bond donors (Lipinski definition) is 1. The van der Waals surface area contributed by atoms with Gasteiger partial charge >= 0.3 is 0 Å². The molecule has 1 amide bonds. The van der Waals surface area contributed by atoms with Crippen LogP contribution >= 0.6 is 0 Å². The van der Waals surface area contributed by atoms with Crippen molar-refractivity contribution in [2.45, 2.75) is 37.3 Å². The molecule has 1 N–H and O–H groups in total. The molecule has 0 bridgehead atoms. The van der Waals surface area contributed by atoms with Gasteiger partial charge in [0, 0.05) is 6.26 Å². The lowest BCUT2D eigenvalue weighted by molar-refractivity contribution is -0.128. The van der Waals surface area contributed by atoms with Crippen LogP contribution < -0.4 is 10.1 Å². The first-order chi connectivity index (χ1) is 12.2. The van der Waals surface area contributed by atoms with Crippen molar-refractivity contribution in [2.75, 3.05) is 6.26 Å². The van der Waals surface area contributed by atoms with E-state index in [1.54, 1.807) is 19.1 Å². The highest BCUT2D eigenvalue weighted by Gasteiger charge is 2.21. The highest BCUT2D eigenvalue weighted by molar-refractivity contribution is 7.90. The summed E-state index contributed by atoms with van der Waals surface area (Å²) in [5.41, 5.74) is 0.780. The van der Waals surface area contributed by atoms with E-state index in [0.717, 1.165) is 11.8 Å².